The Balaban J connectivity index is -0.00000000533. The van der Waals surface area contributed by atoms with Gasteiger partial charge in [0.15, 0.2) is 0 Å². The van der Waals surface area contributed by atoms with Gasteiger partial charge in [0.25, 0.3) is 0 Å². The first kappa shape index (κ1) is 16.1. The Morgan fingerprint density at radius 1 is 1.00 bits per heavy atom. The second-order valence-corrected chi connectivity index (χ2v) is 1.80. The van der Waals surface area contributed by atoms with Crippen LogP contribution in [0, 0.1) is 0 Å². The molecule has 0 saturated heterocycles. The third-order valence-electron chi connectivity index (χ3n) is 0. The first-order valence-corrected chi connectivity index (χ1v) is 2.68. The van der Waals surface area contributed by atoms with E-state index in [-0.39, 0.29) is 74.2 Å². The van der Waals surface area contributed by atoms with Crippen molar-refractivity contribution in [1.29, 1.82) is 0 Å². The Labute approximate surface area is 101 Å². The summed E-state index contributed by atoms with van der Waals surface area (Å²) in [5.41, 5.74) is 0. The average Bonchev–Trinajstić information content (AvgIpc) is 0.722. The molecule has 7 heteroatoms. The molecule has 0 aromatic carbocycles. The largest absolute Gasteiger partial charge is 2.00 e. The number of rotatable bonds is 0. The first-order valence-electron chi connectivity index (χ1n) is 0.894. The molecule has 0 aliphatic heterocycles. The Bertz CT molecular complexity index is 37.6. The Hall–Kier alpha value is 2.30. The molecule has 4 nitrogen and oxygen atoms in total. The van der Waals surface area contributed by atoms with Crippen molar-refractivity contribution in [3.8, 4) is 0 Å². The maximum absolute atomic E-state index is 7.33. The van der Waals surface area contributed by atoms with E-state index in [2.05, 4.69) is 0 Å². The number of hydrogen-bond donors (Lipinski definition) is 4. The Kier molecular flexibility index (Phi) is 14.8. The summed E-state index contributed by atoms with van der Waals surface area (Å²) in [7, 11) is -4.61. The fourth-order valence-electron chi connectivity index (χ4n) is 0. The van der Waals surface area contributed by atoms with Crippen LogP contribution in [-0.2, 0) is 0 Å². The zero-order chi connectivity index (χ0) is 4.50. The van der Waals surface area contributed by atoms with Crippen molar-refractivity contribution in [3.05, 3.63) is 0 Å². The van der Waals surface area contributed by atoms with Gasteiger partial charge >= 0.3 is 77.6 Å². The molecule has 0 saturated carbocycles. The van der Waals surface area contributed by atoms with Gasteiger partial charge in [0, 0.05) is 0 Å². The van der Waals surface area contributed by atoms with Gasteiger partial charge in [0.2, 0.25) is 0 Å². The van der Waals surface area contributed by atoms with Crippen LogP contribution < -0.4 is 0 Å². The fraction of sp³-hybridized carbons (Fsp3) is 0. The molecule has 0 bridgehead atoms. The van der Waals surface area contributed by atoms with Crippen molar-refractivity contribution in [2.45, 2.75) is 0 Å². The van der Waals surface area contributed by atoms with Crippen molar-refractivity contribution in [1.82, 2.24) is 0 Å². The zero-order valence-electron chi connectivity index (χ0n) is 7.70. The fourth-order valence-corrected chi connectivity index (χ4v) is 0. The topological polar surface area (TPSA) is 80.9 Å². The van der Waals surface area contributed by atoms with E-state index in [9.17, 15) is 0 Å². The van der Waals surface area contributed by atoms with Gasteiger partial charge in [-0.2, -0.15) is 0 Å². The molecule has 4 N–H and O–H groups in total. The van der Waals surface area contributed by atoms with E-state index in [0.717, 1.165) is 0 Å². The SMILES string of the molecule is O[Si](O)(O)O.[H-].[H-].[H-].[H-].[Mg+2].[Sr+2]. The van der Waals surface area contributed by atoms with Crippen LogP contribution in [0.25, 0.3) is 0 Å². The van der Waals surface area contributed by atoms with Crippen LogP contribution in [-0.4, -0.2) is 96.8 Å². The van der Waals surface area contributed by atoms with Crippen LogP contribution in [0.2, 0.25) is 0 Å². The summed E-state index contributed by atoms with van der Waals surface area (Å²) >= 11 is 0. The molecule has 40 valence electrons. The normalized spacial score (nSPS) is 8.57. The molecule has 0 spiro atoms. The molecule has 0 aromatic heterocycles. The minimum absolute atomic E-state index is 0. The molecule has 0 fully saturated rings. The molecule has 0 aromatic rings. The summed E-state index contributed by atoms with van der Waals surface area (Å²) in [6, 6.07) is 0. The summed E-state index contributed by atoms with van der Waals surface area (Å²) < 4.78 is 0. The third kappa shape index (κ3) is 62.2. The standard InChI is InChI=1S/Mg.H4O4Si.Sr.4H/c;1-5(2,3)4;;;;;/h;1-4H;;;;;/q+2;;+2;4*-1. The summed E-state index contributed by atoms with van der Waals surface area (Å²) in [5, 5.41) is 0. The molecule has 0 radical (unpaired) electrons. The van der Waals surface area contributed by atoms with Gasteiger partial charge in [0.1, 0.15) is 0 Å². The Morgan fingerprint density at radius 2 is 1.00 bits per heavy atom. The maximum atomic E-state index is 7.33. The molecule has 0 aliphatic rings. The van der Waals surface area contributed by atoms with Gasteiger partial charge in [-0.05, 0) is 0 Å². The van der Waals surface area contributed by atoms with Crippen molar-refractivity contribution in [2.24, 2.45) is 0 Å². The maximum Gasteiger partial charge on any atom is 2.00 e. The van der Waals surface area contributed by atoms with E-state index < -0.39 is 9.05 Å². The smallest absolute Gasteiger partial charge is 1.00 e. The van der Waals surface area contributed by atoms with Crippen molar-refractivity contribution >= 4 is 77.6 Å². The molecule has 0 amide bonds. The number of hydrogen-bond acceptors (Lipinski definition) is 4. The van der Waals surface area contributed by atoms with Crippen LogP contribution in [0.3, 0.4) is 0 Å². The second-order valence-electron chi connectivity index (χ2n) is 0.600. The quantitative estimate of drug-likeness (QED) is 0.324. The zero-order valence-corrected chi connectivity index (χ0v) is 9.59. The van der Waals surface area contributed by atoms with Gasteiger partial charge in [-0.1, -0.05) is 0 Å². The first-order chi connectivity index (χ1) is 2.00. The summed E-state index contributed by atoms with van der Waals surface area (Å²) in [6.07, 6.45) is 0. The monoisotopic (exact) mass is 212 g/mol. The van der Waals surface area contributed by atoms with Gasteiger partial charge in [0.05, 0.1) is 0 Å². The molecule has 0 rings (SSSR count). The molecule has 0 atom stereocenters. The van der Waals surface area contributed by atoms with E-state index in [1.165, 1.54) is 0 Å². The summed E-state index contributed by atoms with van der Waals surface area (Å²) in [4.78, 5) is 29.3. The molecule has 0 aliphatic carbocycles. The van der Waals surface area contributed by atoms with Gasteiger partial charge in [-0.15, -0.1) is 0 Å². The van der Waals surface area contributed by atoms with Gasteiger partial charge < -0.3 is 24.9 Å². The Morgan fingerprint density at radius 3 is 1.00 bits per heavy atom. The van der Waals surface area contributed by atoms with Crippen LogP contribution >= 0.6 is 0 Å². The molecule has 7 heavy (non-hydrogen) atoms. The predicted octanol–water partition coefficient (Wildman–Crippen LogP) is -2.92. The van der Waals surface area contributed by atoms with E-state index >= 15 is 0 Å². The van der Waals surface area contributed by atoms with Gasteiger partial charge in [-0.25, -0.2) is 0 Å². The van der Waals surface area contributed by atoms with Crippen LogP contribution in [0.1, 0.15) is 5.71 Å². The minimum atomic E-state index is -4.61. The van der Waals surface area contributed by atoms with Crippen molar-refractivity contribution in [2.75, 3.05) is 0 Å². The van der Waals surface area contributed by atoms with Gasteiger partial charge in [-0.3, -0.25) is 0 Å². The average molecular weight is 212 g/mol. The summed E-state index contributed by atoms with van der Waals surface area (Å²) in [6.45, 7) is 0. The molecular weight excluding hydrogens is 204 g/mol. The second kappa shape index (κ2) is 6.42. The summed E-state index contributed by atoms with van der Waals surface area (Å²) in [5.74, 6) is 0. The van der Waals surface area contributed by atoms with E-state index in [1.54, 1.807) is 0 Å². The van der Waals surface area contributed by atoms with E-state index in [0.29, 0.717) is 0 Å². The van der Waals surface area contributed by atoms with Crippen molar-refractivity contribution < 1.29 is 24.9 Å². The van der Waals surface area contributed by atoms with Crippen molar-refractivity contribution in [3.63, 3.8) is 0 Å². The molecular formula is H8MgO4SiSr. The van der Waals surface area contributed by atoms with E-state index in [4.69, 9.17) is 19.2 Å². The van der Waals surface area contributed by atoms with Crippen LogP contribution in [0.4, 0.5) is 0 Å². The molecule has 0 unspecified atom stereocenters. The van der Waals surface area contributed by atoms with Crippen LogP contribution in [0.15, 0.2) is 0 Å². The minimum Gasteiger partial charge on any atom is -1.00 e. The molecule has 0 heterocycles. The third-order valence-corrected chi connectivity index (χ3v) is 0. The van der Waals surface area contributed by atoms with E-state index in [1.807, 2.05) is 0 Å². The predicted molar refractivity (Wildman–Crippen MR) is 30.6 cm³/mol. The van der Waals surface area contributed by atoms with Crippen LogP contribution in [0.5, 0.6) is 0 Å².